The minimum Gasteiger partial charge on any atom is -0.327 e. The predicted octanol–water partition coefficient (Wildman–Crippen LogP) is 2.22. The van der Waals surface area contributed by atoms with Crippen molar-refractivity contribution >= 4 is 11.8 Å². The fourth-order valence-corrected chi connectivity index (χ4v) is 2.55. The zero-order valence-corrected chi connectivity index (χ0v) is 11.0. The van der Waals surface area contributed by atoms with Crippen LogP contribution in [0.15, 0.2) is 41.4 Å². The molecule has 0 aliphatic rings. The summed E-state index contributed by atoms with van der Waals surface area (Å²) in [6, 6.07) is 8.68. The van der Waals surface area contributed by atoms with Crippen LogP contribution in [0, 0.1) is 5.82 Å². The Morgan fingerprint density at radius 1 is 1.39 bits per heavy atom. The maximum atomic E-state index is 13.4. The van der Waals surface area contributed by atoms with Crippen LogP contribution in [0.3, 0.4) is 0 Å². The number of aryl methyl sites for hydroxylation is 1. The van der Waals surface area contributed by atoms with E-state index >= 15 is 0 Å². The number of nitrogens with zero attached hydrogens (tertiary/aromatic N) is 2. The first-order valence-corrected chi connectivity index (χ1v) is 6.75. The topological polar surface area (TPSA) is 43.8 Å². The van der Waals surface area contributed by atoms with Gasteiger partial charge in [-0.15, -0.1) is 11.8 Å². The van der Waals surface area contributed by atoms with E-state index in [1.807, 2.05) is 25.4 Å². The van der Waals surface area contributed by atoms with Crippen molar-refractivity contribution < 1.29 is 4.39 Å². The van der Waals surface area contributed by atoms with Gasteiger partial charge in [0.05, 0.1) is 5.69 Å². The van der Waals surface area contributed by atoms with Crippen molar-refractivity contribution in [3.8, 4) is 0 Å². The molecule has 3 nitrogen and oxygen atoms in total. The van der Waals surface area contributed by atoms with E-state index in [2.05, 4.69) is 5.10 Å². The van der Waals surface area contributed by atoms with Gasteiger partial charge in [-0.2, -0.15) is 5.10 Å². The number of halogens is 1. The molecule has 0 radical (unpaired) electrons. The van der Waals surface area contributed by atoms with Gasteiger partial charge >= 0.3 is 0 Å². The molecule has 2 aromatic rings. The average Bonchev–Trinajstić information content (AvgIpc) is 2.74. The predicted molar refractivity (Wildman–Crippen MR) is 72.0 cm³/mol. The summed E-state index contributed by atoms with van der Waals surface area (Å²) in [4.78, 5) is 0.647. The first-order valence-electron chi connectivity index (χ1n) is 5.76. The fraction of sp³-hybridized carbons (Fsp3) is 0.308. The van der Waals surface area contributed by atoms with Crippen LogP contribution in [0.25, 0.3) is 0 Å². The first kappa shape index (κ1) is 13.1. The lowest BCUT2D eigenvalue weighted by molar-refractivity contribution is 0.601. The van der Waals surface area contributed by atoms with Crippen LogP contribution < -0.4 is 5.73 Å². The zero-order chi connectivity index (χ0) is 13.0. The van der Waals surface area contributed by atoms with Gasteiger partial charge in [-0.3, -0.25) is 4.68 Å². The van der Waals surface area contributed by atoms with Crippen LogP contribution in [0.2, 0.25) is 0 Å². The Morgan fingerprint density at radius 3 is 2.83 bits per heavy atom. The Hall–Kier alpha value is -1.33. The molecule has 0 bridgehead atoms. The molecule has 96 valence electrons. The lowest BCUT2D eigenvalue weighted by Crippen LogP contribution is -2.25. The third-order valence-electron chi connectivity index (χ3n) is 2.53. The third-order valence-corrected chi connectivity index (χ3v) is 3.77. The summed E-state index contributed by atoms with van der Waals surface area (Å²) in [6.45, 7) is 0. The monoisotopic (exact) mass is 265 g/mol. The van der Waals surface area contributed by atoms with Gasteiger partial charge in [0.2, 0.25) is 0 Å². The summed E-state index contributed by atoms with van der Waals surface area (Å²) >= 11 is 1.45. The van der Waals surface area contributed by atoms with Crippen molar-refractivity contribution in [2.75, 3.05) is 5.75 Å². The van der Waals surface area contributed by atoms with Crippen molar-refractivity contribution in [2.45, 2.75) is 17.4 Å². The zero-order valence-electron chi connectivity index (χ0n) is 10.2. The number of aromatic nitrogens is 2. The highest BCUT2D eigenvalue weighted by atomic mass is 32.2. The Labute approximate surface area is 110 Å². The molecule has 0 aliphatic heterocycles. The van der Waals surface area contributed by atoms with Crippen LogP contribution in [0.1, 0.15) is 5.69 Å². The lowest BCUT2D eigenvalue weighted by Gasteiger charge is -2.09. The molecule has 18 heavy (non-hydrogen) atoms. The SMILES string of the molecule is Cn1ccc(CC(N)CSc2ccccc2F)n1. The molecular weight excluding hydrogens is 249 g/mol. The van der Waals surface area contributed by atoms with Crippen molar-refractivity contribution in [3.63, 3.8) is 0 Å². The summed E-state index contributed by atoms with van der Waals surface area (Å²) in [5.74, 6) is 0.491. The molecular formula is C13H16FN3S. The second-order valence-corrected chi connectivity index (χ2v) is 5.25. The molecule has 0 saturated carbocycles. The number of hydrogen-bond acceptors (Lipinski definition) is 3. The van der Waals surface area contributed by atoms with Gasteiger partial charge in [-0.25, -0.2) is 4.39 Å². The number of thioether (sulfide) groups is 1. The van der Waals surface area contributed by atoms with Crippen LogP contribution in [0.5, 0.6) is 0 Å². The molecule has 2 rings (SSSR count). The molecule has 1 aromatic heterocycles. The quantitative estimate of drug-likeness (QED) is 0.843. The number of nitrogens with two attached hydrogens (primary N) is 1. The molecule has 1 aromatic carbocycles. The maximum absolute atomic E-state index is 13.4. The standard InChI is InChI=1S/C13H16FN3S/c1-17-7-6-11(16-17)8-10(15)9-18-13-5-3-2-4-12(13)14/h2-7,10H,8-9,15H2,1H3. The van der Waals surface area contributed by atoms with E-state index in [9.17, 15) is 4.39 Å². The number of hydrogen-bond donors (Lipinski definition) is 1. The molecule has 0 aliphatic carbocycles. The molecule has 5 heteroatoms. The van der Waals surface area contributed by atoms with E-state index in [4.69, 9.17) is 5.73 Å². The highest BCUT2D eigenvalue weighted by molar-refractivity contribution is 7.99. The van der Waals surface area contributed by atoms with Crippen molar-refractivity contribution in [2.24, 2.45) is 12.8 Å². The van der Waals surface area contributed by atoms with Crippen LogP contribution in [-0.2, 0) is 13.5 Å². The highest BCUT2D eigenvalue weighted by Gasteiger charge is 2.09. The number of benzene rings is 1. The summed E-state index contributed by atoms with van der Waals surface area (Å²) < 4.78 is 15.1. The van der Waals surface area contributed by atoms with Crippen molar-refractivity contribution in [1.82, 2.24) is 9.78 Å². The van der Waals surface area contributed by atoms with Gasteiger partial charge in [0.1, 0.15) is 5.82 Å². The maximum Gasteiger partial charge on any atom is 0.136 e. The van der Waals surface area contributed by atoms with Crippen LogP contribution in [0.4, 0.5) is 4.39 Å². The Bertz CT molecular complexity index is 512. The first-order chi connectivity index (χ1) is 8.65. The Kier molecular flexibility index (Phi) is 4.38. The molecule has 1 atom stereocenters. The molecule has 0 saturated heterocycles. The molecule has 0 spiro atoms. The van der Waals surface area contributed by atoms with Gasteiger partial charge in [0, 0.05) is 36.4 Å². The van der Waals surface area contributed by atoms with E-state index in [0.717, 1.165) is 5.69 Å². The summed E-state index contributed by atoms with van der Waals surface area (Å²) in [6.07, 6.45) is 2.61. The normalized spacial score (nSPS) is 12.6. The smallest absolute Gasteiger partial charge is 0.136 e. The third kappa shape index (κ3) is 3.58. The van der Waals surface area contributed by atoms with Crippen LogP contribution >= 0.6 is 11.8 Å². The molecule has 2 N–H and O–H groups in total. The minimum absolute atomic E-state index is 0.0236. The fourth-order valence-electron chi connectivity index (χ4n) is 1.66. The lowest BCUT2D eigenvalue weighted by atomic mass is 10.2. The van der Waals surface area contributed by atoms with Gasteiger partial charge in [-0.05, 0) is 18.2 Å². The molecule has 1 heterocycles. The van der Waals surface area contributed by atoms with Gasteiger partial charge in [0.15, 0.2) is 0 Å². The largest absolute Gasteiger partial charge is 0.327 e. The highest BCUT2D eigenvalue weighted by Crippen LogP contribution is 2.21. The second kappa shape index (κ2) is 6.02. The Morgan fingerprint density at radius 2 is 2.17 bits per heavy atom. The molecule has 1 unspecified atom stereocenters. The van der Waals surface area contributed by atoms with Crippen molar-refractivity contribution in [3.05, 3.63) is 48.0 Å². The summed E-state index contributed by atoms with van der Waals surface area (Å²) in [5, 5.41) is 4.28. The van der Waals surface area contributed by atoms with E-state index in [1.54, 1.807) is 16.8 Å². The minimum atomic E-state index is -0.187. The van der Waals surface area contributed by atoms with E-state index < -0.39 is 0 Å². The number of rotatable bonds is 5. The Balaban J connectivity index is 1.85. The summed E-state index contributed by atoms with van der Waals surface area (Å²) in [7, 11) is 1.88. The average molecular weight is 265 g/mol. The summed E-state index contributed by atoms with van der Waals surface area (Å²) in [5.41, 5.74) is 6.99. The van der Waals surface area contributed by atoms with E-state index in [0.29, 0.717) is 17.1 Å². The molecule has 0 amide bonds. The van der Waals surface area contributed by atoms with Crippen LogP contribution in [-0.4, -0.2) is 21.6 Å². The second-order valence-electron chi connectivity index (χ2n) is 4.19. The van der Waals surface area contributed by atoms with Gasteiger partial charge in [-0.1, -0.05) is 12.1 Å². The van der Waals surface area contributed by atoms with Crippen molar-refractivity contribution in [1.29, 1.82) is 0 Å². The van der Waals surface area contributed by atoms with E-state index in [1.165, 1.54) is 17.8 Å². The van der Waals surface area contributed by atoms with Gasteiger partial charge in [0.25, 0.3) is 0 Å². The molecule has 0 fully saturated rings. The van der Waals surface area contributed by atoms with Gasteiger partial charge < -0.3 is 5.73 Å². The van der Waals surface area contributed by atoms with E-state index in [-0.39, 0.29) is 11.9 Å².